The lowest BCUT2D eigenvalue weighted by atomic mass is 10.3. The summed E-state index contributed by atoms with van der Waals surface area (Å²) in [5.41, 5.74) is 2.41. The van der Waals surface area contributed by atoms with E-state index in [-0.39, 0.29) is 5.82 Å². The number of nitrogens with one attached hydrogen (secondary N) is 1. The van der Waals surface area contributed by atoms with Gasteiger partial charge in [0.25, 0.3) is 0 Å². The minimum Gasteiger partial charge on any atom is -0.379 e. The van der Waals surface area contributed by atoms with Crippen LogP contribution in [-0.2, 0) is 6.54 Å². The van der Waals surface area contributed by atoms with Gasteiger partial charge in [0.1, 0.15) is 11.5 Å². The summed E-state index contributed by atoms with van der Waals surface area (Å²) < 4.78 is 15.1. The van der Waals surface area contributed by atoms with Crippen LogP contribution < -0.4 is 5.32 Å². The molecule has 5 heteroatoms. The van der Waals surface area contributed by atoms with Gasteiger partial charge >= 0.3 is 0 Å². The normalized spacial score (nSPS) is 10.8. The summed E-state index contributed by atoms with van der Waals surface area (Å²) in [7, 11) is 0. The first kappa shape index (κ1) is 12.0. The van der Waals surface area contributed by atoms with Gasteiger partial charge in [0.2, 0.25) is 0 Å². The number of pyridine rings is 1. The molecule has 1 aromatic carbocycles. The Kier molecular flexibility index (Phi) is 3.09. The van der Waals surface area contributed by atoms with Crippen molar-refractivity contribution in [2.45, 2.75) is 6.54 Å². The average Bonchev–Trinajstić information content (AvgIpc) is 2.78. The summed E-state index contributed by atoms with van der Waals surface area (Å²) in [4.78, 5) is 4.45. The second kappa shape index (κ2) is 4.90. The SMILES string of the molecule is Fc1cc(Cl)cc(NCc2cn3ccccc3n2)c1. The highest BCUT2D eigenvalue weighted by Gasteiger charge is 2.02. The highest BCUT2D eigenvalue weighted by Crippen LogP contribution is 2.18. The fraction of sp³-hybridized carbons (Fsp3) is 0.0714. The van der Waals surface area contributed by atoms with Crippen LogP contribution in [0.2, 0.25) is 5.02 Å². The Morgan fingerprint density at radius 3 is 2.95 bits per heavy atom. The van der Waals surface area contributed by atoms with E-state index in [4.69, 9.17) is 11.6 Å². The van der Waals surface area contributed by atoms with Gasteiger partial charge in [-0.2, -0.15) is 0 Å². The van der Waals surface area contributed by atoms with Crippen molar-refractivity contribution in [2.24, 2.45) is 0 Å². The van der Waals surface area contributed by atoms with Crippen molar-refractivity contribution >= 4 is 22.9 Å². The van der Waals surface area contributed by atoms with Crippen molar-refractivity contribution in [1.82, 2.24) is 9.38 Å². The van der Waals surface area contributed by atoms with Gasteiger partial charge in [-0.05, 0) is 30.3 Å². The predicted octanol–water partition coefficient (Wildman–Crippen LogP) is 3.74. The molecule has 0 saturated carbocycles. The molecule has 0 aliphatic rings. The Labute approximate surface area is 114 Å². The molecule has 2 aromatic heterocycles. The topological polar surface area (TPSA) is 29.3 Å². The molecule has 0 saturated heterocycles. The van der Waals surface area contributed by atoms with E-state index in [9.17, 15) is 4.39 Å². The zero-order valence-corrected chi connectivity index (χ0v) is 10.7. The largest absolute Gasteiger partial charge is 0.379 e. The molecule has 0 amide bonds. The lowest BCUT2D eigenvalue weighted by molar-refractivity contribution is 0.628. The standard InChI is InChI=1S/C14H11ClFN3/c15-10-5-11(16)7-12(6-10)17-8-13-9-19-4-2-1-3-14(19)18-13/h1-7,9,17H,8H2. The highest BCUT2D eigenvalue weighted by atomic mass is 35.5. The predicted molar refractivity (Wildman–Crippen MR) is 73.9 cm³/mol. The number of benzene rings is 1. The number of fused-ring (bicyclic) bond motifs is 1. The quantitative estimate of drug-likeness (QED) is 0.789. The van der Waals surface area contributed by atoms with E-state index in [1.807, 2.05) is 35.0 Å². The maximum Gasteiger partial charge on any atom is 0.137 e. The van der Waals surface area contributed by atoms with Gasteiger partial charge in [-0.15, -0.1) is 0 Å². The molecule has 3 aromatic rings. The summed E-state index contributed by atoms with van der Waals surface area (Å²) in [6.45, 7) is 0.515. The Bertz CT molecular complexity index is 670. The van der Waals surface area contributed by atoms with E-state index < -0.39 is 0 Å². The first-order valence-corrected chi connectivity index (χ1v) is 6.21. The van der Waals surface area contributed by atoms with Crippen LogP contribution in [0.5, 0.6) is 0 Å². The van der Waals surface area contributed by atoms with Crippen molar-refractivity contribution in [3.05, 3.63) is 65.3 Å². The van der Waals surface area contributed by atoms with Crippen molar-refractivity contribution < 1.29 is 4.39 Å². The van der Waals surface area contributed by atoms with Crippen molar-refractivity contribution in [1.29, 1.82) is 0 Å². The first-order valence-electron chi connectivity index (χ1n) is 5.83. The fourth-order valence-electron chi connectivity index (χ4n) is 1.92. The van der Waals surface area contributed by atoms with Crippen molar-refractivity contribution in [3.8, 4) is 0 Å². The Morgan fingerprint density at radius 2 is 2.16 bits per heavy atom. The third-order valence-electron chi connectivity index (χ3n) is 2.75. The van der Waals surface area contributed by atoms with Gasteiger partial charge in [0.15, 0.2) is 0 Å². The van der Waals surface area contributed by atoms with Gasteiger partial charge < -0.3 is 9.72 Å². The van der Waals surface area contributed by atoms with Gasteiger partial charge in [-0.25, -0.2) is 9.37 Å². The number of nitrogens with zero attached hydrogens (tertiary/aromatic N) is 2. The lowest BCUT2D eigenvalue weighted by Gasteiger charge is -2.04. The maximum atomic E-state index is 13.2. The molecule has 3 nitrogen and oxygen atoms in total. The van der Waals surface area contributed by atoms with E-state index >= 15 is 0 Å². The van der Waals surface area contributed by atoms with Crippen LogP contribution >= 0.6 is 11.6 Å². The first-order chi connectivity index (χ1) is 9.20. The Morgan fingerprint density at radius 1 is 1.26 bits per heavy atom. The number of hydrogen-bond donors (Lipinski definition) is 1. The van der Waals surface area contributed by atoms with E-state index in [0.29, 0.717) is 17.3 Å². The van der Waals surface area contributed by atoms with Gasteiger partial charge in [-0.3, -0.25) is 0 Å². The summed E-state index contributed by atoms with van der Waals surface area (Å²) in [6, 6.07) is 10.2. The molecule has 3 rings (SSSR count). The van der Waals surface area contributed by atoms with Crippen molar-refractivity contribution in [3.63, 3.8) is 0 Å². The minimum atomic E-state index is -0.356. The zero-order valence-electron chi connectivity index (χ0n) is 9.98. The van der Waals surface area contributed by atoms with Gasteiger partial charge in [0, 0.05) is 23.1 Å². The van der Waals surface area contributed by atoms with E-state index in [0.717, 1.165) is 11.3 Å². The van der Waals surface area contributed by atoms with Crippen LogP contribution in [0.4, 0.5) is 10.1 Å². The molecule has 0 aliphatic heterocycles. The number of hydrogen-bond acceptors (Lipinski definition) is 2. The molecule has 0 aliphatic carbocycles. The molecule has 0 bridgehead atoms. The number of imidazole rings is 1. The molecule has 2 heterocycles. The Hall–Kier alpha value is -2.07. The summed E-state index contributed by atoms with van der Waals surface area (Å²) in [6.07, 6.45) is 3.87. The third kappa shape index (κ3) is 2.69. The van der Waals surface area contributed by atoms with Crippen LogP contribution in [0.1, 0.15) is 5.69 Å². The number of halogens is 2. The van der Waals surface area contributed by atoms with E-state index in [1.165, 1.54) is 12.1 Å². The molecule has 1 N–H and O–H groups in total. The molecule has 0 unspecified atom stereocenters. The highest BCUT2D eigenvalue weighted by molar-refractivity contribution is 6.30. The number of anilines is 1. The summed E-state index contributed by atoms with van der Waals surface area (Å²) in [5.74, 6) is -0.356. The fourth-order valence-corrected chi connectivity index (χ4v) is 2.14. The van der Waals surface area contributed by atoms with Crippen molar-refractivity contribution in [2.75, 3.05) is 5.32 Å². The molecule has 0 fully saturated rings. The summed E-state index contributed by atoms with van der Waals surface area (Å²) >= 11 is 5.80. The summed E-state index contributed by atoms with van der Waals surface area (Å²) in [5, 5.41) is 3.48. The van der Waals surface area contributed by atoms with Crippen LogP contribution in [0.3, 0.4) is 0 Å². The van der Waals surface area contributed by atoms with Gasteiger partial charge in [0.05, 0.1) is 12.2 Å². The minimum absolute atomic E-state index is 0.356. The smallest absolute Gasteiger partial charge is 0.137 e. The number of aromatic nitrogens is 2. The zero-order chi connectivity index (χ0) is 13.2. The molecular weight excluding hydrogens is 265 g/mol. The maximum absolute atomic E-state index is 13.2. The molecule has 0 atom stereocenters. The monoisotopic (exact) mass is 275 g/mol. The molecule has 0 spiro atoms. The van der Waals surface area contributed by atoms with Crippen LogP contribution in [-0.4, -0.2) is 9.38 Å². The van der Waals surface area contributed by atoms with Gasteiger partial charge in [-0.1, -0.05) is 17.7 Å². The molecule has 96 valence electrons. The van der Waals surface area contributed by atoms with Crippen LogP contribution in [0, 0.1) is 5.82 Å². The van der Waals surface area contributed by atoms with Crippen LogP contribution in [0.15, 0.2) is 48.8 Å². The number of rotatable bonds is 3. The second-order valence-corrected chi connectivity index (χ2v) is 4.65. The Balaban J connectivity index is 1.78. The second-order valence-electron chi connectivity index (χ2n) is 4.21. The lowest BCUT2D eigenvalue weighted by Crippen LogP contribution is -1.99. The average molecular weight is 276 g/mol. The third-order valence-corrected chi connectivity index (χ3v) is 2.97. The molecule has 19 heavy (non-hydrogen) atoms. The van der Waals surface area contributed by atoms with E-state index in [1.54, 1.807) is 6.07 Å². The molecule has 0 radical (unpaired) electrons. The molecular formula is C14H11ClFN3. The van der Waals surface area contributed by atoms with E-state index in [2.05, 4.69) is 10.3 Å². The van der Waals surface area contributed by atoms with Crippen LogP contribution in [0.25, 0.3) is 5.65 Å².